The highest BCUT2D eigenvalue weighted by Crippen LogP contribution is 2.29. The summed E-state index contributed by atoms with van der Waals surface area (Å²) in [6.45, 7) is 0.251. The molecule has 2 aromatic rings. The Hall–Kier alpha value is -2.72. The molecule has 2 aromatic carbocycles. The Balaban J connectivity index is 1.60. The average molecular weight is 442 g/mol. The fraction of sp³-hybridized carbons (Fsp3) is 0.250. The van der Waals surface area contributed by atoms with Crippen LogP contribution in [0.4, 0.5) is 17.6 Å². The SMILES string of the molecule is O=C(/C=C/c1ccc(C(F)(F)F)cc1)N1CCN(S(=O)(=O)c2ccccc2F)CC1. The summed E-state index contributed by atoms with van der Waals surface area (Å²) in [6.07, 6.45) is -1.81. The fourth-order valence-corrected chi connectivity index (χ4v) is 4.49. The predicted octanol–water partition coefficient (Wildman–Crippen LogP) is 3.39. The molecule has 0 atom stereocenters. The number of piperazine rings is 1. The fourth-order valence-electron chi connectivity index (χ4n) is 3.00. The first-order valence-electron chi connectivity index (χ1n) is 8.98. The standard InChI is InChI=1S/C20H18F4N2O3S/c21-17-3-1-2-4-18(17)30(28,29)26-13-11-25(12-14-26)19(27)10-7-15-5-8-16(9-6-15)20(22,23)24/h1-10H,11-14H2/b10-7+. The molecule has 1 heterocycles. The Labute approximate surface area is 171 Å². The number of alkyl halides is 3. The number of amides is 1. The Kier molecular flexibility index (Phi) is 6.27. The number of carbonyl (C=O) groups excluding carboxylic acids is 1. The molecule has 30 heavy (non-hydrogen) atoms. The van der Waals surface area contributed by atoms with Gasteiger partial charge in [0.25, 0.3) is 0 Å². The van der Waals surface area contributed by atoms with Gasteiger partial charge in [-0.05, 0) is 35.9 Å². The molecule has 0 bridgehead atoms. The lowest BCUT2D eigenvalue weighted by molar-refractivity contribution is -0.137. The maximum Gasteiger partial charge on any atom is 0.416 e. The van der Waals surface area contributed by atoms with Crippen LogP contribution in [-0.2, 0) is 21.0 Å². The van der Waals surface area contributed by atoms with Gasteiger partial charge in [0.1, 0.15) is 10.7 Å². The van der Waals surface area contributed by atoms with Crippen LogP contribution in [0.2, 0.25) is 0 Å². The van der Waals surface area contributed by atoms with E-state index in [1.165, 1.54) is 47.4 Å². The van der Waals surface area contributed by atoms with Crippen molar-refractivity contribution in [3.8, 4) is 0 Å². The molecule has 0 aliphatic carbocycles. The van der Waals surface area contributed by atoms with E-state index in [2.05, 4.69) is 0 Å². The summed E-state index contributed by atoms with van der Waals surface area (Å²) in [4.78, 5) is 13.3. The zero-order valence-electron chi connectivity index (χ0n) is 15.6. The summed E-state index contributed by atoms with van der Waals surface area (Å²) in [7, 11) is -4.00. The van der Waals surface area contributed by atoms with Crippen LogP contribution in [0.1, 0.15) is 11.1 Å². The van der Waals surface area contributed by atoms with Gasteiger partial charge in [0.15, 0.2) is 0 Å². The third-order valence-electron chi connectivity index (χ3n) is 4.66. The molecule has 1 aliphatic rings. The predicted molar refractivity (Wildman–Crippen MR) is 102 cm³/mol. The zero-order valence-corrected chi connectivity index (χ0v) is 16.5. The van der Waals surface area contributed by atoms with Crippen molar-refractivity contribution in [2.45, 2.75) is 11.1 Å². The van der Waals surface area contributed by atoms with Crippen LogP contribution >= 0.6 is 0 Å². The van der Waals surface area contributed by atoms with Crippen LogP contribution in [0, 0.1) is 5.82 Å². The molecule has 1 amide bonds. The van der Waals surface area contributed by atoms with Gasteiger partial charge < -0.3 is 4.90 Å². The average Bonchev–Trinajstić information content (AvgIpc) is 2.72. The third-order valence-corrected chi connectivity index (χ3v) is 6.59. The first-order chi connectivity index (χ1) is 14.1. The summed E-state index contributed by atoms with van der Waals surface area (Å²) in [5, 5.41) is 0. The number of sulfonamides is 1. The number of benzene rings is 2. The summed E-state index contributed by atoms with van der Waals surface area (Å²) < 4.78 is 77.9. The van der Waals surface area contributed by atoms with Crippen molar-refractivity contribution in [3.05, 3.63) is 71.6 Å². The van der Waals surface area contributed by atoms with E-state index < -0.39 is 38.4 Å². The van der Waals surface area contributed by atoms with Gasteiger partial charge in [-0.15, -0.1) is 0 Å². The van der Waals surface area contributed by atoms with Gasteiger partial charge in [0.05, 0.1) is 5.56 Å². The maximum absolute atomic E-state index is 13.9. The molecular weight excluding hydrogens is 424 g/mol. The van der Waals surface area contributed by atoms with Crippen molar-refractivity contribution in [1.29, 1.82) is 0 Å². The second-order valence-corrected chi connectivity index (χ2v) is 8.52. The van der Waals surface area contributed by atoms with E-state index >= 15 is 0 Å². The molecule has 10 heteroatoms. The molecule has 0 N–H and O–H groups in total. The number of hydrogen-bond donors (Lipinski definition) is 0. The topological polar surface area (TPSA) is 57.7 Å². The minimum Gasteiger partial charge on any atom is -0.337 e. The van der Waals surface area contributed by atoms with Crippen molar-refractivity contribution in [1.82, 2.24) is 9.21 Å². The van der Waals surface area contributed by atoms with Gasteiger partial charge in [-0.3, -0.25) is 4.79 Å². The lowest BCUT2D eigenvalue weighted by Crippen LogP contribution is -2.50. The van der Waals surface area contributed by atoms with E-state index in [0.717, 1.165) is 22.5 Å². The van der Waals surface area contributed by atoms with Crippen LogP contribution in [0.5, 0.6) is 0 Å². The van der Waals surface area contributed by atoms with Crippen LogP contribution in [0.3, 0.4) is 0 Å². The Morgan fingerprint density at radius 2 is 1.53 bits per heavy atom. The number of halogens is 4. The highest BCUT2D eigenvalue weighted by molar-refractivity contribution is 7.89. The lowest BCUT2D eigenvalue weighted by atomic mass is 10.1. The Morgan fingerprint density at radius 3 is 2.10 bits per heavy atom. The largest absolute Gasteiger partial charge is 0.416 e. The molecule has 160 valence electrons. The highest BCUT2D eigenvalue weighted by Gasteiger charge is 2.31. The first-order valence-corrected chi connectivity index (χ1v) is 10.4. The van der Waals surface area contributed by atoms with Crippen molar-refractivity contribution < 1.29 is 30.8 Å². The second-order valence-electron chi connectivity index (χ2n) is 6.61. The number of hydrogen-bond acceptors (Lipinski definition) is 3. The van der Waals surface area contributed by atoms with Crippen molar-refractivity contribution in [2.75, 3.05) is 26.2 Å². The minimum atomic E-state index is -4.43. The first kappa shape index (κ1) is 22.0. The zero-order chi connectivity index (χ0) is 21.9. The molecule has 5 nitrogen and oxygen atoms in total. The van der Waals surface area contributed by atoms with E-state index in [1.54, 1.807) is 0 Å². The van der Waals surface area contributed by atoms with Gasteiger partial charge >= 0.3 is 6.18 Å². The highest BCUT2D eigenvalue weighted by atomic mass is 32.2. The molecule has 0 radical (unpaired) electrons. The van der Waals surface area contributed by atoms with E-state index in [0.29, 0.717) is 5.56 Å². The number of nitrogens with zero attached hydrogens (tertiary/aromatic N) is 2. The molecule has 1 saturated heterocycles. The molecule has 0 spiro atoms. The summed E-state index contributed by atoms with van der Waals surface area (Å²) in [5.41, 5.74) is -0.352. The molecule has 0 unspecified atom stereocenters. The molecule has 0 saturated carbocycles. The Morgan fingerprint density at radius 1 is 0.933 bits per heavy atom. The summed E-state index contributed by atoms with van der Waals surface area (Å²) >= 11 is 0. The minimum absolute atomic E-state index is 0.0104. The smallest absolute Gasteiger partial charge is 0.337 e. The van der Waals surface area contributed by atoms with Crippen LogP contribution < -0.4 is 0 Å². The van der Waals surface area contributed by atoms with Crippen LogP contribution in [0.15, 0.2) is 59.5 Å². The van der Waals surface area contributed by atoms with Crippen LogP contribution in [0.25, 0.3) is 6.08 Å². The van der Waals surface area contributed by atoms with Crippen LogP contribution in [-0.4, -0.2) is 49.7 Å². The summed E-state index contributed by atoms with van der Waals surface area (Å²) in [5.74, 6) is -1.23. The normalized spacial score (nSPS) is 16.2. The van der Waals surface area contributed by atoms with E-state index in [9.17, 15) is 30.8 Å². The van der Waals surface area contributed by atoms with Crippen molar-refractivity contribution in [2.24, 2.45) is 0 Å². The van der Waals surface area contributed by atoms with E-state index in [1.807, 2.05) is 0 Å². The molecule has 3 rings (SSSR count). The quantitative estimate of drug-likeness (QED) is 0.539. The van der Waals surface area contributed by atoms with Gasteiger partial charge in [0, 0.05) is 32.3 Å². The second kappa shape index (κ2) is 8.57. The Bertz CT molecular complexity index is 1040. The van der Waals surface area contributed by atoms with E-state index in [-0.39, 0.29) is 26.2 Å². The maximum atomic E-state index is 13.9. The number of rotatable bonds is 4. The molecular formula is C20H18F4N2O3S. The molecule has 0 aromatic heterocycles. The van der Waals surface area contributed by atoms with Crippen molar-refractivity contribution in [3.63, 3.8) is 0 Å². The third kappa shape index (κ3) is 4.88. The lowest BCUT2D eigenvalue weighted by Gasteiger charge is -2.33. The molecule has 1 fully saturated rings. The van der Waals surface area contributed by atoms with Gasteiger partial charge in [-0.2, -0.15) is 17.5 Å². The monoisotopic (exact) mass is 442 g/mol. The summed E-state index contributed by atoms with van der Waals surface area (Å²) in [6, 6.07) is 9.45. The number of carbonyl (C=O) groups is 1. The van der Waals surface area contributed by atoms with E-state index in [4.69, 9.17) is 0 Å². The molecule has 1 aliphatic heterocycles. The van der Waals surface area contributed by atoms with Gasteiger partial charge in [-0.25, -0.2) is 12.8 Å². The van der Waals surface area contributed by atoms with Crippen molar-refractivity contribution >= 4 is 22.0 Å². The van der Waals surface area contributed by atoms with Gasteiger partial charge in [0.2, 0.25) is 15.9 Å². The van der Waals surface area contributed by atoms with Gasteiger partial charge in [-0.1, -0.05) is 24.3 Å².